The van der Waals surface area contributed by atoms with Gasteiger partial charge in [-0.25, -0.2) is 0 Å². The number of carbonyl (C=O) groups is 1. The fraction of sp³-hybridized carbons (Fsp3) is 0.933. The number of nitrogens with zero attached hydrogens (tertiary/aromatic N) is 3. The fourth-order valence-electron chi connectivity index (χ4n) is 3.45. The van der Waals surface area contributed by atoms with Crippen LogP contribution in [0.2, 0.25) is 0 Å². The summed E-state index contributed by atoms with van der Waals surface area (Å²) in [6.07, 6.45) is 0.291. The molecule has 0 spiro atoms. The van der Waals surface area contributed by atoms with Crippen LogP contribution in [0, 0.1) is 0 Å². The van der Waals surface area contributed by atoms with Crippen LogP contribution >= 0.6 is 0 Å². The largest absolute Gasteiger partial charge is 0.391 e. The summed E-state index contributed by atoms with van der Waals surface area (Å²) in [7, 11) is 4.02. The zero-order valence-corrected chi connectivity index (χ0v) is 13.8. The zero-order valence-electron chi connectivity index (χ0n) is 13.8. The molecule has 2 aliphatic heterocycles. The molecule has 2 rings (SSSR count). The van der Waals surface area contributed by atoms with Gasteiger partial charge in [0.05, 0.1) is 11.6 Å². The molecule has 2 N–H and O–H groups in total. The lowest BCUT2D eigenvalue weighted by Gasteiger charge is -2.43. The molecule has 21 heavy (non-hydrogen) atoms. The first-order valence-corrected chi connectivity index (χ1v) is 7.92. The van der Waals surface area contributed by atoms with E-state index in [1.54, 1.807) is 0 Å². The van der Waals surface area contributed by atoms with E-state index in [4.69, 9.17) is 0 Å². The van der Waals surface area contributed by atoms with Gasteiger partial charge in [-0.1, -0.05) is 0 Å². The number of nitrogens with one attached hydrogen (secondary N) is 1. The maximum Gasteiger partial charge on any atom is 0.242 e. The van der Waals surface area contributed by atoms with Gasteiger partial charge >= 0.3 is 0 Å². The second-order valence-corrected chi connectivity index (χ2v) is 7.06. The number of amides is 1. The van der Waals surface area contributed by atoms with Crippen LogP contribution in [0.5, 0.6) is 0 Å². The second kappa shape index (κ2) is 6.60. The Kier molecular flexibility index (Phi) is 5.24. The minimum Gasteiger partial charge on any atom is -0.391 e. The molecule has 6 heteroatoms. The average Bonchev–Trinajstić information content (AvgIpc) is 2.78. The van der Waals surface area contributed by atoms with Gasteiger partial charge in [0.25, 0.3) is 0 Å². The number of rotatable bonds is 4. The van der Waals surface area contributed by atoms with Crippen molar-refractivity contribution in [3.05, 3.63) is 0 Å². The molecular weight excluding hydrogens is 268 g/mol. The van der Waals surface area contributed by atoms with Gasteiger partial charge in [-0.3, -0.25) is 9.69 Å². The summed E-state index contributed by atoms with van der Waals surface area (Å²) in [5.74, 6) is 0.146. The number of likely N-dealkylation sites (N-methyl/N-ethyl adjacent to an activating group) is 1. The quantitative estimate of drug-likeness (QED) is 0.711. The van der Waals surface area contributed by atoms with Gasteiger partial charge < -0.3 is 20.2 Å². The molecule has 2 saturated heterocycles. The minimum absolute atomic E-state index is 0.115. The molecular formula is C15H30N4O2. The Morgan fingerprint density at radius 2 is 1.95 bits per heavy atom. The highest BCUT2D eigenvalue weighted by Crippen LogP contribution is 2.25. The molecule has 0 aromatic heterocycles. The van der Waals surface area contributed by atoms with Gasteiger partial charge in [-0.15, -0.1) is 0 Å². The van der Waals surface area contributed by atoms with Crippen molar-refractivity contribution < 1.29 is 9.90 Å². The lowest BCUT2D eigenvalue weighted by Crippen LogP contribution is -2.61. The number of carbonyl (C=O) groups excluding carboxylic acids is 1. The van der Waals surface area contributed by atoms with E-state index in [2.05, 4.69) is 15.1 Å². The van der Waals surface area contributed by atoms with Crippen LogP contribution in [0.3, 0.4) is 0 Å². The first kappa shape index (κ1) is 16.7. The summed E-state index contributed by atoms with van der Waals surface area (Å²) in [5.41, 5.74) is -0.503. The normalized spacial score (nSPS) is 28.4. The lowest BCUT2D eigenvalue weighted by molar-refractivity contribution is -0.144. The molecule has 0 radical (unpaired) electrons. The summed E-state index contributed by atoms with van der Waals surface area (Å²) >= 11 is 0. The smallest absolute Gasteiger partial charge is 0.242 e. The van der Waals surface area contributed by atoms with E-state index in [0.717, 1.165) is 32.7 Å². The highest BCUT2D eigenvalue weighted by Gasteiger charge is 2.43. The van der Waals surface area contributed by atoms with Crippen LogP contribution in [0.25, 0.3) is 0 Å². The standard InChI is InChI=1S/C15H30N4O2/c1-15(2,18-7-5-16-6-8-18)14(21)19-11-13(20)9-12(19)10-17(3)4/h12-13,16,20H,5-11H2,1-4H3. The Labute approximate surface area is 128 Å². The van der Waals surface area contributed by atoms with Crippen LogP contribution in [-0.2, 0) is 4.79 Å². The first-order valence-electron chi connectivity index (χ1n) is 7.92. The SMILES string of the molecule is CN(C)CC1CC(O)CN1C(=O)C(C)(C)N1CCNCC1. The lowest BCUT2D eigenvalue weighted by atomic mass is 9.99. The molecule has 2 unspecified atom stereocenters. The summed E-state index contributed by atoms with van der Waals surface area (Å²) in [6.45, 7) is 8.95. The first-order chi connectivity index (χ1) is 9.82. The van der Waals surface area contributed by atoms with Gasteiger partial charge in [0.1, 0.15) is 0 Å². The molecule has 2 aliphatic rings. The van der Waals surface area contributed by atoms with Crippen molar-refractivity contribution in [3.8, 4) is 0 Å². The molecule has 2 heterocycles. The number of piperazine rings is 1. The molecule has 0 saturated carbocycles. The predicted octanol–water partition coefficient (Wildman–Crippen LogP) is -0.806. The van der Waals surface area contributed by atoms with Gasteiger partial charge in [-0.05, 0) is 34.4 Å². The van der Waals surface area contributed by atoms with Crippen molar-refractivity contribution in [2.24, 2.45) is 0 Å². The third-order valence-electron chi connectivity index (χ3n) is 4.66. The van der Waals surface area contributed by atoms with E-state index >= 15 is 0 Å². The number of aliphatic hydroxyl groups is 1. The van der Waals surface area contributed by atoms with Crippen molar-refractivity contribution >= 4 is 5.91 Å². The van der Waals surface area contributed by atoms with E-state index in [0.29, 0.717) is 13.0 Å². The molecule has 6 nitrogen and oxygen atoms in total. The molecule has 0 aliphatic carbocycles. The third kappa shape index (κ3) is 3.74. The van der Waals surface area contributed by atoms with E-state index in [9.17, 15) is 9.90 Å². The highest BCUT2D eigenvalue weighted by atomic mass is 16.3. The summed E-state index contributed by atoms with van der Waals surface area (Å²) in [6, 6.07) is 0.115. The van der Waals surface area contributed by atoms with Crippen LogP contribution < -0.4 is 5.32 Å². The summed E-state index contributed by atoms with van der Waals surface area (Å²) < 4.78 is 0. The van der Waals surface area contributed by atoms with Gasteiger partial charge in [0, 0.05) is 45.3 Å². The van der Waals surface area contributed by atoms with E-state index in [1.807, 2.05) is 32.8 Å². The summed E-state index contributed by atoms with van der Waals surface area (Å²) in [4.78, 5) is 19.3. The van der Waals surface area contributed by atoms with Crippen LogP contribution in [0.15, 0.2) is 0 Å². The zero-order chi connectivity index (χ0) is 15.6. The van der Waals surface area contributed by atoms with E-state index < -0.39 is 11.6 Å². The maximum atomic E-state index is 13.0. The number of hydrogen-bond donors (Lipinski definition) is 2. The maximum absolute atomic E-state index is 13.0. The molecule has 0 aromatic carbocycles. The van der Waals surface area contributed by atoms with E-state index in [1.165, 1.54) is 0 Å². The molecule has 0 aromatic rings. The van der Waals surface area contributed by atoms with Crippen molar-refractivity contribution in [2.75, 3.05) is 53.4 Å². The number of aliphatic hydroxyl groups excluding tert-OH is 1. The average molecular weight is 298 g/mol. The Morgan fingerprint density at radius 3 is 2.52 bits per heavy atom. The molecule has 0 bridgehead atoms. The highest BCUT2D eigenvalue weighted by molar-refractivity contribution is 5.86. The van der Waals surface area contributed by atoms with Crippen LogP contribution in [0.1, 0.15) is 20.3 Å². The van der Waals surface area contributed by atoms with Gasteiger partial charge in [0.15, 0.2) is 0 Å². The third-order valence-corrected chi connectivity index (χ3v) is 4.66. The van der Waals surface area contributed by atoms with Crippen molar-refractivity contribution in [1.29, 1.82) is 0 Å². The topological polar surface area (TPSA) is 59.1 Å². The van der Waals surface area contributed by atoms with Gasteiger partial charge in [-0.2, -0.15) is 0 Å². The predicted molar refractivity (Wildman–Crippen MR) is 83.2 cm³/mol. The molecule has 2 fully saturated rings. The Morgan fingerprint density at radius 1 is 1.33 bits per heavy atom. The van der Waals surface area contributed by atoms with Crippen LogP contribution in [-0.4, -0.2) is 96.8 Å². The second-order valence-electron chi connectivity index (χ2n) is 7.06. The fourth-order valence-corrected chi connectivity index (χ4v) is 3.45. The number of hydrogen-bond acceptors (Lipinski definition) is 5. The van der Waals surface area contributed by atoms with Crippen molar-refractivity contribution in [3.63, 3.8) is 0 Å². The van der Waals surface area contributed by atoms with Crippen molar-refractivity contribution in [1.82, 2.24) is 20.0 Å². The Hall–Kier alpha value is -0.690. The minimum atomic E-state index is -0.503. The summed E-state index contributed by atoms with van der Waals surface area (Å²) in [5, 5.41) is 13.3. The van der Waals surface area contributed by atoms with Crippen molar-refractivity contribution in [2.45, 2.75) is 38.0 Å². The van der Waals surface area contributed by atoms with Crippen LogP contribution in [0.4, 0.5) is 0 Å². The molecule has 122 valence electrons. The molecule has 2 atom stereocenters. The number of β-amino-alcohol motifs (C(OH)–C–C–N with tert-alkyl or cyclic N) is 1. The van der Waals surface area contributed by atoms with Gasteiger partial charge in [0.2, 0.25) is 5.91 Å². The molecule has 1 amide bonds. The Bertz CT molecular complexity index is 367. The van der Waals surface area contributed by atoms with E-state index in [-0.39, 0.29) is 11.9 Å². The number of likely N-dealkylation sites (tertiary alicyclic amines) is 1. The Balaban J connectivity index is 2.08. The monoisotopic (exact) mass is 298 g/mol.